The van der Waals surface area contributed by atoms with Gasteiger partial charge in [-0.1, -0.05) is 19.3 Å². The maximum Gasteiger partial charge on any atom is 0.269 e. The molecule has 4 heterocycles. The first-order valence-electron chi connectivity index (χ1n) is 13.3. The van der Waals surface area contributed by atoms with Gasteiger partial charge in [0.1, 0.15) is 11.2 Å². The third-order valence-electron chi connectivity index (χ3n) is 7.79. The second kappa shape index (κ2) is 9.81. The highest BCUT2D eigenvalue weighted by atomic mass is 19.3. The van der Waals surface area contributed by atoms with Crippen molar-refractivity contribution in [2.24, 2.45) is 7.05 Å². The number of hydrogen-bond donors (Lipinski definition) is 1. The lowest BCUT2D eigenvalue weighted by Crippen LogP contribution is -2.26. The number of aryl methyl sites for hydroxylation is 2. The summed E-state index contributed by atoms with van der Waals surface area (Å²) in [7, 11) is 3.35. The highest BCUT2D eigenvalue weighted by Crippen LogP contribution is 2.43. The standard InChI is InChI=1S/C28H31F2N7O/c1-31-28(38)22-10-11-23-25(33-22)27(34-37(23)19-8-4-3-5-9-19)36-12-6-7-17-13-20(18-15-32-35(2)16-18)21(26(29)30)14-24(17)36/h10-11,13-16,19,26H,3-9,12H2,1-2H3,(H,31,38). The molecule has 6 rings (SSSR count). The van der Waals surface area contributed by atoms with Crippen LogP contribution in [0.2, 0.25) is 0 Å². The van der Waals surface area contributed by atoms with Gasteiger partial charge in [0.25, 0.3) is 12.3 Å². The van der Waals surface area contributed by atoms with Crippen molar-refractivity contribution in [3.8, 4) is 11.1 Å². The molecule has 1 N–H and O–H groups in total. The monoisotopic (exact) mass is 519 g/mol. The number of anilines is 2. The molecule has 198 valence electrons. The SMILES string of the molecule is CNC(=O)c1ccc2c(n1)c(N1CCCc3cc(-c4cnn(C)c4)c(C(F)F)cc31)nn2C1CCCCC1. The van der Waals surface area contributed by atoms with E-state index in [1.165, 1.54) is 6.42 Å². The molecule has 8 nitrogen and oxygen atoms in total. The molecular weight excluding hydrogens is 488 g/mol. The van der Waals surface area contributed by atoms with E-state index in [9.17, 15) is 13.6 Å². The number of rotatable bonds is 5. The van der Waals surface area contributed by atoms with E-state index in [1.807, 2.05) is 17.0 Å². The van der Waals surface area contributed by atoms with Crippen LogP contribution in [0.25, 0.3) is 22.2 Å². The molecule has 2 aliphatic rings. The Labute approximate surface area is 219 Å². The molecule has 1 amide bonds. The molecule has 0 saturated heterocycles. The molecule has 38 heavy (non-hydrogen) atoms. The molecule has 1 saturated carbocycles. The minimum atomic E-state index is -2.64. The zero-order chi connectivity index (χ0) is 26.4. The maximum atomic E-state index is 14.4. The third kappa shape index (κ3) is 4.21. The van der Waals surface area contributed by atoms with Crippen molar-refractivity contribution in [2.45, 2.75) is 57.4 Å². The summed E-state index contributed by atoms with van der Waals surface area (Å²) in [4.78, 5) is 19.2. The fourth-order valence-electron chi connectivity index (χ4n) is 5.90. The van der Waals surface area contributed by atoms with Gasteiger partial charge < -0.3 is 10.2 Å². The van der Waals surface area contributed by atoms with Crippen LogP contribution < -0.4 is 10.2 Å². The van der Waals surface area contributed by atoms with Crippen LogP contribution in [0.4, 0.5) is 20.3 Å². The summed E-state index contributed by atoms with van der Waals surface area (Å²) >= 11 is 0. The van der Waals surface area contributed by atoms with Crippen LogP contribution in [-0.4, -0.2) is 44.0 Å². The average molecular weight is 520 g/mol. The minimum Gasteiger partial charge on any atom is -0.354 e. The van der Waals surface area contributed by atoms with Crippen molar-refractivity contribution in [1.29, 1.82) is 0 Å². The molecule has 0 radical (unpaired) electrons. The van der Waals surface area contributed by atoms with Crippen molar-refractivity contribution in [3.05, 3.63) is 53.5 Å². The first-order valence-corrected chi connectivity index (χ1v) is 13.3. The van der Waals surface area contributed by atoms with E-state index in [-0.39, 0.29) is 17.5 Å². The van der Waals surface area contributed by atoms with Gasteiger partial charge in [-0.25, -0.2) is 13.8 Å². The number of benzene rings is 1. The van der Waals surface area contributed by atoms with Gasteiger partial charge in [-0.2, -0.15) is 10.2 Å². The van der Waals surface area contributed by atoms with E-state index in [1.54, 1.807) is 43.3 Å². The van der Waals surface area contributed by atoms with E-state index in [4.69, 9.17) is 10.1 Å². The maximum absolute atomic E-state index is 14.4. The number of amides is 1. The van der Waals surface area contributed by atoms with E-state index in [0.29, 0.717) is 34.7 Å². The number of halogens is 2. The van der Waals surface area contributed by atoms with E-state index in [2.05, 4.69) is 15.1 Å². The molecule has 0 bridgehead atoms. The number of aromatic nitrogens is 5. The molecule has 1 aliphatic heterocycles. The second-order valence-electron chi connectivity index (χ2n) is 10.2. The van der Waals surface area contributed by atoms with Gasteiger partial charge in [-0.15, -0.1) is 0 Å². The summed E-state index contributed by atoms with van der Waals surface area (Å²) in [5.74, 6) is 0.343. The number of pyridine rings is 1. The lowest BCUT2D eigenvalue weighted by molar-refractivity contribution is 0.0958. The van der Waals surface area contributed by atoms with Gasteiger partial charge >= 0.3 is 0 Å². The first kappa shape index (κ1) is 24.5. The minimum absolute atomic E-state index is 0.0290. The van der Waals surface area contributed by atoms with Gasteiger partial charge in [-0.3, -0.25) is 14.2 Å². The van der Waals surface area contributed by atoms with Crippen LogP contribution in [0, 0.1) is 0 Å². The van der Waals surface area contributed by atoms with Gasteiger partial charge in [-0.05, 0) is 61.1 Å². The van der Waals surface area contributed by atoms with Gasteiger partial charge in [0.05, 0.1) is 17.8 Å². The van der Waals surface area contributed by atoms with E-state index in [0.717, 1.165) is 55.3 Å². The number of hydrogen-bond acceptors (Lipinski definition) is 5. The summed E-state index contributed by atoms with van der Waals surface area (Å²) in [6.45, 7) is 0.630. The molecule has 1 aliphatic carbocycles. The lowest BCUT2D eigenvalue weighted by atomic mass is 9.93. The molecular formula is C28H31F2N7O. The van der Waals surface area contributed by atoms with Crippen molar-refractivity contribution < 1.29 is 13.6 Å². The Bertz CT molecular complexity index is 1500. The van der Waals surface area contributed by atoms with Gasteiger partial charge in [0.15, 0.2) is 5.82 Å². The Hall–Kier alpha value is -3.82. The Morgan fingerprint density at radius 2 is 1.95 bits per heavy atom. The number of alkyl halides is 2. The Morgan fingerprint density at radius 1 is 1.13 bits per heavy atom. The van der Waals surface area contributed by atoms with Gasteiger partial charge in [0.2, 0.25) is 0 Å². The van der Waals surface area contributed by atoms with E-state index >= 15 is 0 Å². The fourth-order valence-corrected chi connectivity index (χ4v) is 5.90. The number of carbonyl (C=O) groups excluding carboxylic acids is 1. The van der Waals surface area contributed by atoms with Crippen LogP contribution in [0.15, 0.2) is 36.7 Å². The summed E-state index contributed by atoms with van der Waals surface area (Å²) in [6, 6.07) is 7.38. The summed E-state index contributed by atoms with van der Waals surface area (Å²) in [5.41, 5.74) is 4.66. The molecule has 3 aromatic heterocycles. The third-order valence-corrected chi connectivity index (χ3v) is 7.79. The zero-order valence-corrected chi connectivity index (χ0v) is 21.6. The molecule has 0 spiro atoms. The number of fused-ring (bicyclic) bond motifs is 2. The summed E-state index contributed by atoms with van der Waals surface area (Å²) in [6.07, 6.45) is 7.95. The first-order chi connectivity index (χ1) is 18.4. The Balaban J connectivity index is 1.52. The number of nitrogens with zero attached hydrogens (tertiary/aromatic N) is 6. The largest absolute Gasteiger partial charge is 0.354 e. The van der Waals surface area contributed by atoms with Crippen LogP contribution in [0.3, 0.4) is 0 Å². The van der Waals surface area contributed by atoms with Crippen LogP contribution in [0.1, 0.15) is 72.6 Å². The average Bonchev–Trinajstić information content (AvgIpc) is 3.55. The molecule has 4 aromatic rings. The van der Waals surface area contributed by atoms with Crippen LogP contribution in [-0.2, 0) is 13.5 Å². The quantitative estimate of drug-likeness (QED) is 0.365. The Morgan fingerprint density at radius 3 is 2.66 bits per heavy atom. The Kier molecular flexibility index (Phi) is 6.33. The smallest absolute Gasteiger partial charge is 0.269 e. The topological polar surface area (TPSA) is 80.9 Å². The lowest BCUT2D eigenvalue weighted by Gasteiger charge is -2.31. The van der Waals surface area contributed by atoms with E-state index < -0.39 is 6.43 Å². The molecule has 1 fully saturated rings. The molecule has 0 unspecified atom stereocenters. The highest BCUT2D eigenvalue weighted by molar-refractivity contribution is 5.97. The van der Waals surface area contributed by atoms with Crippen molar-refractivity contribution >= 4 is 28.4 Å². The van der Waals surface area contributed by atoms with Gasteiger partial charge in [0, 0.05) is 43.7 Å². The highest BCUT2D eigenvalue weighted by Gasteiger charge is 2.30. The molecule has 0 atom stereocenters. The van der Waals surface area contributed by atoms with Crippen molar-refractivity contribution in [3.63, 3.8) is 0 Å². The van der Waals surface area contributed by atoms with Crippen LogP contribution in [0.5, 0.6) is 0 Å². The molecule has 10 heteroatoms. The number of carbonyl (C=O) groups is 1. The zero-order valence-electron chi connectivity index (χ0n) is 21.6. The number of nitrogens with one attached hydrogen (secondary N) is 1. The van der Waals surface area contributed by atoms with Crippen LogP contribution >= 0.6 is 0 Å². The van der Waals surface area contributed by atoms with Crippen molar-refractivity contribution in [1.82, 2.24) is 29.9 Å². The fraction of sp³-hybridized carbons (Fsp3) is 0.429. The second-order valence-corrected chi connectivity index (χ2v) is 10.2. The normalized spacial score (nSPS) is 16.3. The summed E-state index contributed by atoms with van der Waals surface area (Å²) < 4.78 is 32.4. The molecule has 1 aromatic carbocycles. The summed E-state index contributed by atoms with van der Waals surface area (Å²) in [5, 5.41) is 11.9. The predicted molar refractivity (Wildman–Crippen MR) is 142 cm³/mol. The van der Waals surface area contributed by atoms with Crippen molar-refractivity contribution in [2.75, 3.05) is 18.5 Å². The predicted octanol–water partition coefficient (Wildman–Crippen LogP) is 5.72.